The van der Waals surface area contributed by atoms with Gasteiger partial charge in [0.1, 0.15) is 6.61 Å². The molecule has 1 heterocycles. The van der Waals surface area contributed by atoms with Crippen molar-refractivity contribution in [3.05, 3.63) is 0 Å². The Labute approximate surface area is 91.0 Å². The monoisotopic (exact) mass is 206 g/mol. The van der Waals surface area contributed by atoms with E-state index in [9.17, 15) is 0 Å². The first-order chi connectivity index (χ1) is 7.24. The second kappa shape index (κ2) is 3.20. The Morgan fingerprint density at radius 3 is 3.00 bits per heavy atom. The Morgan fingerprint density at radius 2 is 2.33 bits per heavy atom. The van der Waals surface area contributed by atoms with E-state index in [0.717, 1.165) is 17.8 Å². The molecule has 5 atom stereocenters. The van der Waals surface area contributed by atoms with Crippen LogP contribution in [0.2, 0.25) is 0 Å². The van der Waals surface area contributed by atoms with Crippen molar-refractivity contribution in [2.45, 2.75) is 38.5 Å². The SMILES string of the molecule is CC(C)N1C[C@H]2CC3[C@H]2[C@H]1[C@H]3OCC#N. The highest BCUT2D eigenvalue weighted by molar-refractivity contribution is 5.19. The fourth-order valence-corrected chi connectivity index (χ4v) is 3.94. The minimum Gasteiger partial charge on any atom is -0.361 e. The molecule has 2 aliphatic carbocycles. The number of nitriles is 1. The van der Waals surface area contributed by atoms with Crippen LogP contribution in [0.3, 0.4) is 0 Å². The van der Waals surface area contributed by atoms with Gasteiger partial charge in [-0.1, -0.05) is 0 Å². The van der Waals surface area contributed by atoms with Crippen molar-refractivity contribution < 1.29 is 4.74 Å². The van der Waals surface area contributed by atoms with Crippen LogP contribution in [0.1, 0.15) is 20.3 Å². The van der Waals surface area contributed by atoms with E-state index < -0.39 is 0 Å². The Bertz CT molecular complexity index is 309. The lowest BCUT2D eigenvalue weighted by molar-refractivity contribution is -0.175. The molecule has 82 valence electrons. The first-order valence-corrected chi connectivity index (χ1v) is 5.98. The van der Waals surface area contributed by atoms with Gasteiger partial charge in [0.25, 0.3) is 0 Å². The molecule has 0 aromatic heterocycles. The Hall–Kier alpha value is -0.590. The molecule has 0 spiro atoms. The molecule has 3 aliphatic rings. The second-order valence-corrected chi connectivity index (χ2v) is 5.45. The topological polar surface area (TPSA) is 36.3 Å². The van der Waals surface area contributed by atoms with Crippen molar-refractivity contribution in [3.63, 3.8) is 0 Å². The molecule has 15 heavy (non-hydrogen) atoms. The first-order valence-electron chi connectivity index (χ1n) is 5.98. The van der Waals surface area contributed by atoms with Gasteiger partial charge in [-0.2, -0.15) is 5.26 Å². The normalized spacial score (nSPS) is 46.9. The van der Waals surface area contributed by atoms with Gasteiger partial charge in [-0.25, -0.2) is 0 Å². The van der Waals surface area contributed by atoms with E-state index in [-0.39, 0.29) is 6.61 Å². The van der Waals surface area contributed by atoms with Crippen LogP contribution in [0.25, 0.3) is 0 Å². The molecule has 3 fully saturated rings. The first kappa shape index (κ1) is 9.62. The molecule has 0 bridgehead atoms. The maximum atomic E-state index is 8.56. The van der Waals surface area contributed by atoms with Crippen molar-refractivity contribution in [3.8, 4) is 6.07 Å². The van der Waals surface area contributed by atoms with E-state index in [1.807, 2.05) is 0 Å². The van der Waals surface area contributed by atoms with Crippen LogP contribution in [0, 0.1) is 29.1 Å². The van der Waals surface area contributed by atoms with Gasteiger partial charge in [0, 0.05) is 18.6 Å². The largest absolute Gasteiger partial charge is 0.361 e. The number of rotatable bonds is 3. The van der Waals surface area contributed by atoms with E-state index in [1.54, 1.807) is 0 Å². The average molecular weight is 206 g/mol. The highest BCUT2D eigenvalue weighted by atomic mass is 16.5. The van der Waals surface area contributed by atoms with E-state index >= 15 is 0 Å². The minimum atomic E-state index is 0.265. The molecule has 2 saturated carbocycles. The van der Waals surface area contributed by atoms with Gasteiger partial charge in [0.2, 0.25) is 0 Å². The third-order valence-electron chi connectivity index (χ3n) is 4.60. The lowest BCUT2D eigenvalue weighted by Crippen LogP contribution is -2.65. The second-order valence-electron chi connectivity index (χ2n) is 5.45. The van der Waals surface area contributed by atoms with Crippen LogP contribution in [0.4, 0.5) is 0 Å². The van der Waals surface area contributed by atoms with Crippen molar-refractivity contribution in [1.29, 1.82) is 5.26 Å². The molecule has 1 aliphatic heterocycles. The average Bonchev–Trinajstić information content (AvgIpc) is 2.32. The van der Waals surface area contributed by atoms with Gasteiger partial charge < -0.3 is 4.74 Å². The summed E-state index contributed by atoms with van der Waals surface area (Å²) in [5.74, 6) is 2.61. The zero-order valence-electron chi connectivity index (χ0n) is 9.39. The summed E-state index contributed by atoms with van der Waals surface area (Å²) in [6, 6.07) is 3.33. The Balaban J connectivity index is 1.71. The molecule has 0 radical (unpaired) electrons. The molecule has 0 aromatic rings. The van der Waals surface area contributed by atoms with Crippen molar-refractivity contribution in [2.24, 2.45) is 17.8 Å². The number of hydrogen-bond donors (Lipinski definition) is 0. The third-order valence-corrected chi connectivity index (χ3v) is 4.60. The lowest BCUT2D eigenvalue weighted by atomic mass is 9.51. The fraction of sp³-hybridized carbons (Fsp3) is 0.917. The molecular weight excluding hydrogens is 188 g/mol. The van der Waals surface area contributed by atoms with Crippen LogP contribution >= 0.6 is 0 Å². The fourth-order valence-electron chi connectivity index (χ4n) is 3.94. The van der Waals surface area contributed by atoms with E-state index in [2.05, 4.69) is 24.8 Å². The minimum absolute atomic E-state index is 0.265. The molecule has 0 amide bonds. The maximum Gasteiger partial charge on any atom is 0.134 e. The van der Waals surface area contributed by atoms with Crippen LogP contribution in [0.5, 0.6) is 0 Å². The van der Waals surface area contributed by atoms with Gasteiger partial charge in [0.05, 0.1) is 12.2 Å². The maximum absolute atomic E-state index is 8.56. The zero-order valence-corrected chi connectivity index (χ0v) is 9.39. The molecule has 1 unspecified atom stereocenters. The van der Waals surface area contributed by atoms with E-state index in [1.165, 1.54) is 13.0 Å². The van der Waals surface area contributed by atoms with Gasteiger partial charge >= 0.3 is 0 Å². The Kier molecular flexibility index (Phi) is 2.05. The number of likely N-dealkylation sites (tertiary alicyclic amines) is 1. The predicted octanol–water partition coefficient (Wildman–Crippen LogP) is 1.25. The van der Waals surface area contributed by atoms with Gasteiger partial charge in [0.15, 0.2) is 0 Å². The predicted molar refractivity (Wildman–Crippen MR) is 56.1 cm³/mol. The van der Waals surface area contributed by atoms with Gasteiger partial charge in [-0.05, 0) is 38.0 Å². The summed E-state index contributed by atoms with van der Waals surface area (Å²) in [6.45, 7) is 6.05. The number of ether oxygens (including phenoxy) is 1. The summed E-state index contributed by atoms with van der Waals surface area (Å²) in [5.41, 5.74) is 0. The molecule has 1 saturated heterocycles. The van der Waals surface area contributed by atoms with E-state index in [4.69, 9.17) is 10.00 Å². The van der Waals surface area contributed by atoms with Crippen LogP contribution in [-0.4, -0.2) is 36.2 Å². The van der Waals surface area contributed by atoms with E-state index in [0.29, 0.717) is 18.2 Å². The lowest BCUT2D eigenvalue weighted by Gasteiger charge is -2.58. The Morgan fingerprint density at radius 1 is 1.53 bits per heavy atom. The van der Waals surface area contributed by atoms with Gasteiger partial charge in [-0.3, -0.25) is 4.90 Å². The summed E-state index contributed by atoms with van der Waals surface area (Å²) in [4.78, 5) is 2.58. The molecule has 3 rings (SSSR count). The number of nitrogens with zero attached hydrogens (tertiary/aromatic N) is 2. The smallest absolute Gasteiger partial charge is 0.134 e. The summed E-state index contributed by atoms with van der Waals surface area (Å²) >= 11 is 0. The zero-order chi connectivity index (χ0) is 10.6. The standard InChI is InChI=1S/C12H18N2O/c1-7(2)14-6-8-5-9-10(8)11(14)12(9)15-4-3-13/h7-12H,4-6H2,1-2H3/t8-,9?,10+,11+,12+/m1/s1. The molecule has 3 nitrogen and oxygen atoms in total. The summed E-state index contributed by atoms with van der Waals surface area (Å²) in [7, 11) is 0. The summed E-state index contributed by atoms with van der Waals surface area (Å²) in [5, 5.41) is 8.56. The highest BCUT2D eigenvalue weighted by Crippen LogP contribution is 2.62. The van der Waals surface area contributed by atoms with Crippen molar-refractivity contribution in [1.82, 2.24) is 4.90 Å². The summed E-state index contributed by atoms with van der Waals surface area (Å²) < 4.78 is 5.67. The quantitative estimate of drug-likeness (QED) is 0.697. The van der Waals surface area contributed by atoms with Crippen LogP contribution < -0.4 is 0 Å². The molecule has 0 aromatic carbocycles. The highest BCUT2D eigenvalue weighted by Gasteiger charge is 2.67. The van der Waals surface area contributed by atoms with Crippen molar-refractivity contribution >= 4 is 0 Å². The third kappa shape index (κ3) is 1.12. The number of hydrogen-bond acceptors (Lipinski definition) is 3. The molecule has 3 heteroatoms. The molecular formula is C12H18N2O. The van der Waals surface area contributed by atoms with Crippen LogP contribution in [0.15, 0.2) is 0 Å². The van der Waals surface area contributed by atoms with Gasteiger partial charge in [-0.15, -0.1) is 0 Å². The summed E-state index contributed by atoms with van der Waals surface area (Å²) in [6.07, 6.45) is 1.69. The van der Waals surface area contributed by atoms with Crippen molar-refractivity contribution in [2.75, 3.05) is 13.2 Å². The molecule has 0 N–H and O–H groups in total. The van der Waals surface area contributed by atoms with Crippen LogP contribution in [-0.2, 0) is 4.74 Å².